The van der Waals surface area contributed by atoms with Gasteiger partial charge in [-0.25, -0.2) is 9.37 Å². The van der Waals surface area contributed by atoms with Gasteiger partial charge in [-0.1, -0.05) is 37.5 Å². The Morgan fingerprint density at radius 2 is 1.94 bits per heavy atom. The SMILES string of the molecule is O=c1[nH]c(C2CCCCC2)nc2c1CN(Cc1ccc(-c3ccccc3F)nc1)CC2. The first kappa shape index (κ1) is 20.1. The van der Waals surface area contributed by atoms with Crippen molar-refractivity contribution in [1.82, 2.24) is 19.9 Å². The molecule has 160 valence electrons. The van der Waals surface area contributed by atoms with Crippen LogP contribution in [-0.2, 0) is 19.5 Å². The van der Waals surface area contributed by atoms with Crippen LogP contribution < -0.4 is 5.56 Å². The Balaban J connectivity index is 1.29. The van der Waals surface area contributed by atoms with Crippen LogP contribution >= 0.6 is 0 Å². The van der Waals surface area contributed by atoms with E-state index < -0.39 is 0 Å². The molecule has 0 unspecified atom stereocenters. The van der Waals surface area contributed by atoms with Gasteiger partial charge in [-0.2, -0.15) is 0 Å². The number of fused-ring (bicyclic) bond motifs is 1. The first-order valence-corrected chi connectivity index (χ1v) is 11.2. The minimum Gasteiger partial charge on any atom is -0.310 e. The molecule has 1 N–H and O–H groups in total. The van der Waals surface area contributed by atoms with Crippen molar-refractivity contribution >= 4 is 0 Å². The topological polar surface area (TPSA) is 61.9 Å². The number of H-pyrrole nitrogens is 1. The summed E-state index contributed by atoms with van der Waals surface area (Å²) >= 11 is 0. The molecule has 5 rings (SSSR count). The van der Waals surface area contributed by atoms with Gasteiger partial charge in [-0.05, 0) is 36.6 Å². The van der Waals surface area contributed by atoms with Crippen molar-refractivity contribution in [2.24, 2.45) is 0 Å². The maximum atomic E-state index is 14.0. The molecule has 0 saturated heterocycles. The molecule has 0 radical (unpaired) electrons. The van der Waals surface area contributed by atoms with E-state index in [4.69, 9.17) is 4.98 Å². The number of benzene rings is 1. The molecule has 1 aliphatic carbocycles. The van der Waals surface area contributed by atoms with Crippen LogP contribution in [0.25, 0.3) is 11.3 Å². The monoisotopic (exact) mass is 418 g/mol. The Kier molecular flexibility index (Phi) is 5.64. The van der Waals surface area contributed by atoms with Crippen molar-refractivity contribution < 1.29 is 4.39 Å². The van der Waals surface area contributed by atoms with Gasteiger partial charge in [0, 0.05) is 43.7 Å². The third-order valence-electron chi connectivity index (χ3n) is 6.54. The first-order chi connectivity index (χ1) is 15.2. The molecule has 1 fully saturated rings. The summed E-state index contributed by atoms with van der Waals surface area (Å²) in [4.78, 5) is 27.4. The molecule has 0 amide bonds. The Hall–Kier alpha value is -2.86. The lowest BCUT2D eigenvalue weighted by Gasteiger charge is -2.28. The number of aromatic nitrogens is 3. The zero-order valence-electron chi connectivity index (χ0n) is 17.6. The van der Waals surface area contributed by atoms with Crippen molar-refractivity contribution in [1.29, 1.82) is 0 Å². The molecule has 0 bridgehead atoms. The minimum atomic E-state index is -0.269. The second-order valence-corrected chi connectivity index (χ2v) is 8.70. The average molecular weight is 419 g/mol. The summed E-state index contributed by atoms with van der Waals surface area (Å²) in [5.74, 6) is 1.03. The molecule has 3 heterocycles. The average Bonchev–Trinajstić information content (AvgIpc) is 2.81. The van der Waals surface area contributed by atoms with Crippen molar-refractivity contribution in [2.75, 3.05) is 6.54 Å². The number of nitrogens with one attached hydrogen (secondary N) is 1. The van der Waals surface area contributed by atoms with Crippen LogP contribution in [0.1, 0.15) is 60.7 Å². The fourth-order valence-electron chi connectivity index (χ4n) is 4.81. The zero-order valence-corrected chi connectivity index (χ0v) is 17.6. The van der Waals surface area contributed by atoms with Gasteiger partial charge in [0.2, 0.25) is 0 Å². The first-order valence-electron chi connectivity index (χ1n) is 11.2. The summed E-state index contributed by atoms with van der Waals surface area (Å²) in [6, 6.07) is 10.5. The van der Waals surface area contributed by atoms with Gasteiger partial charge < -0.3 is 4.98 Å². The predicted molar refractivity (Wildman–Crippen MR) is 118 cm³/mol. The number of aromatic amines is 1. The van der Waals surface area contributed by atoms with Crippen LogP contribution in [0.4, 0.5) is 4.39 Å². The van der Waals surface area contributed by atoms with Gasteiger partial charge in [0.1, 0.15) is 11.6 Å². The summed E-state index contributed by atoms with van der Waals surface area (Å²) in [5, 5.41) is 0. The van der Waals surface area contributed by atoms with E-state index in [1.54, 1.807) is 18.3 Å². The minimum absolute atomic E-state index is 0.0169. The van der Waals surface area contributed by atoms with Crippen molar-refractivity contribution in [3.8, 4) is 11.3 Å². The van der Waals surface area contributed by atoms with Crippen LogP contribution in [0.3, 0.4) is 0 Å². The number of rotatable bonds is 4. The highest BCUT2D eigenvalue weighted by molar-refractivity contribution is 5.59. The van der Waals surface area contributed by atoms with E-state index in [1.807, 2.05) is 18.2 Å². The Morgan fingerprint density at radius 1 is 1.10 bits per heavy atom. The summed E-state index contributed by atoms with van der Waals surface area (Å²) in [7, 11) is 0. The molecule has 1 aliphatic heterocycles. The lowest BCUT2D eigenvalue weighted by Crippen LogP contribution is -2.36. The third-order valence-corrected chi connectivity index (χ3v) is 6.54. The predicted octanol–water partition coefficient (Wildman–Crippen LogP) is 4.58. The van der Waals surface area contributed by atoms with Crippen LogP contribution in [0.5, 0.6) is 0 Å². The standard InChI is InChI=1S/C25H27FN4O/c26-21-9-5-4-8-19(21)22-11-10-17(14-27-22)15-30-13-12-23-20(16-30)25(31)29-24(28-23)18-6-2-1-3-7-18/h4-5,8-11,14,18H,1-3,6-7,12-13,15-16H2,(H,28,29,31). The normalized spacial score (nSPS) is 17.5. The number of hydrogen-bond acceptors (Lipinski definition) is 4. The molecular weight excluding hydrogens is 391 g/mol. The van der Waals surface area contributed by atoms with Crippen LogP contribution in [0, 0.1) is 5.82 Å². The fourth-order valence-corrected chi connectivity index (χ4v) is 4.81. The van der Waals surface area contributed by atoms with Crippen molar-refractivity contribution in [2.45, 2.75) is 57.5 Å². The zero-order chi connectivity index (χ0) is 21.2. The molecule has 0 atom stereocenters. The largest absolute Gasteiger partial charge is 0.310 e. The molecule has 0 spiro atoms. The van der Waals surface area contributed by atoms with E-state index in [0.717, 1.165) is 48.5 Å². The Labute approximate surface area is 181 Å². The Morgan fingerprint density at radius 3 is 2.71 bits per heavy atom. The molecule has 2 aromatic heterocycles. The lowest BCUT2D eigenvalue weighted by atomic mass is 9.88. The van der Waals surface area contributed by atoms with E-state index in [1.165, 1.54) is 25.3 Å². The molecular formula is C25H27FN4O. The van der Waals surface area contributed by atoms with E-state index in [9.17, 15) is 9.18 Å². The number of halogens is 1. The lowest BCUT2D eigenvalue weighted by molar-refractivity contribution is 0.240. The van der Waals surface area contributed by atoms with Crippen molar-refractivity contribution in [3.63, 3.8) is 0 Å². The van der Waals surface area contributed by atoms with Crippen LogP contribution in [0.15, 0.2) is 47.4 Å². The highest BCUT2D eigenvalue weighted by atomic mass is 19.1. The second-order valence-electron chi connectivity index (χ2n) is 8.70. The third kappa shape index (κ3) is 4.30. The van der Waals surface area contributed by atoms with E-state index in [-0.39, 0.29) is 11.4 Å². The summed E-state index contributed by atoms with van der Waals surface area (Å²) in [6.07, 6.45) is 8.59. The summed E-state index contributed by atoms with van der Waals surface area (Å²) in [6.45, 7) is 2.16. The van der Waals surface area contributed by atoms with Gasteiger partial charge in [0.15, 0.2) is 0 Å². The van der Waals surface area contributed by atoms with E-state index >= 15 is 0 Å². The van der Waals surface area contributed by atoms with Gasteiger partial charge >= 0.3 is 0 Å². The maximum absolute atomic E-state index is 14.0. The number of hydrogen-bond donors (Lipinski definition) is 1. The molecule has 3 aromatic rings. The molecule has 6 heteroatoms. The maximum Gasteiger partial charge on any atom is 0.255 e. The number of pyridine rings is 1. The molecule has 2 aliphatic rings. The fraction of sp³-hybridized carbons (Fsp3) is 0.400. The molecule has 5 nitrogen and oxygen atoms in total. The molecule has 1 saturated carbocycles. The number of nitrogens with zero attached hydrogens (tertiary/aromatic N) is 3. The van der Waals surface area contributed by atoms with Gasteiger partial charge in [0.05, 0.1) is 17.0 Å². The van der Waals surface area contributed by atoms with Crippen LogP contribution in [-0.4, -0.2) is 26.4 Å². The van der Waals surface area contributed by atoms with E-state index in [0.29, 0.717) is 30.3 Å². The highest BCUT2D eigenvalue weighted by Crippen LogP contribution is 2.31. The highest BCUT2D eigenvalue weighted by Gasteiger charge is 2.24. The summed E-state index contributed by atoms with van der Waals surface area (Å²) in [5.41, 5.74) is 3.96. The van der Waals surface area contributed by atoms with Crippen molar-refractivity contribution in [3.05, 3.63) is 81.4 Å². The van der Waals surface area contributed by atoms with E-state index in [2.05, 4.69) is 14.9 Å². The second kappa shape index (κ2) is 8.71. The quantitative estimate of drug-likeness (QED) is 0.674. The van der Waals surface area contributed by atoms with Gasteiger partial charge in [0.25, 0.3) is 5.56 Å². The van der Waals surface area contributed by atoms with Gasteiger partial charge in [-0.3, -0.25) is 14.7 Å². The van der Waals surface area contributed by atoms with Crippen LogP contribution in [0.2, 0.25) is 0 Å². The summed E-state index contributed by atoms with van der Waals surface area (Å²) < 4.78 is 14.0. The molecule has 31 heavy (non-hydrogen) atoms. The Bertz CT molecular complexity index is 1120. The van der Waals surface area contributed by atoms with Gasteiger partial charge in [-0.15, -0.1) is 0 Å². The smallest absolute Gasteiger partial charge is 0.255 e. The molecule has 1 aromatic carbocycles.